The van der Waals surface area contributed by atoms with Gasteiger partial charge < -0.3 is 34.2 Å². The SMILES string of the molecule is CC/C=C\C/C=C\C/C=C\C/C=C\C/C=C\C/C=C\CCC(=O)OCC(O)COP(=O)(O)OCC(O)COP(=O)(O)OCC(COC(=O)CCCCC/C=C\C/C=C\C/C=C\C/C=C\C/C=C\CC)OC(=O)CCCCCCCCCCCCCCCCC. The number of allylic oxidation sites excluding steroid dienone is 22. The molecule has 508 valence electrons. The number of aliphatic hydroxyl groups excluding tert-OH is 2. The maximum Gasteiger partial charge on any atom is 0.472 e. The van der Waals surface area contributed by atoms with Crippen LogP contribution in [0.1, 0.15) is 239 Å². The van der Waals surface area contributed by atoms with Crippen molar-refractivity contribution >= 4 is 33.6 Å². The van der Waals surface area contributed by atoms with E-state index < -0.39 is 91.5 Å². The fraction of sp³-hybridized carbons (Fsp3) is 0.648. The Bertz CT molecular complexity index is 2160. The van der Waals surface area contributed by atoms with Crippen molar-refractivity contribution in [2.45, 2.75) is 257 Å². The van der Waals surface area contributed by atoms with E-state index in [4.69, 9.17) is 32.3 Å². The van der Waals surface area contributed by atoms with Crippen LogP contribution in [0.3, 0.4) is 0 Å². The van der Waals surface area contributed by atoms with Crippen LogP contribution in [-0.4, -0.2) is 95.9 Å². The molecule has 0 radical (unpaired) electrons. The zero-order valence-corrected chi connectivity index (χ0v) is 56.6. The van der Waals surface area contributed by atoms with E-state index in [0.29, 0.717) is 25.7 Å². The molecule has 0 saturated heterocycles. The Balaban J connectivity index is 4.79. The number of carbonyl (C=O) groups is 3. The molecular formula is C71H118O16P2. The lowest BCUT2D eigenvalue weighted by molar-refractivity contribution is -0.161. The molecule has 0 rings (SSSR count). The minimum Gasteiger partial charge on any atom is -0.463 e. The van der Waals surface area contributed by atoms with Gasteiger partial charge in [-0.25, -0.2) is 9.13 Å². The van der Waals surface area contributed by atoms with E-state index >= 15 is 0 Å². The van der Waals surface area contributed by atoms with Crippen LogP contribution >= 0.6 is 15.6 Å². The summed E-state index contributed by atoms with van der Waals surface area (Å²) in [5.41, 5.74) is 0. The normalized spacial score (nSPS) is 15.1. The number of hydrogen-bond acceptors (Lipinski definition) is 14. The zero-order chi connectivity index (χ0) is 65.3. The lowest BCUT2D eigenvalue weighted by Gasteiger charge is -2.21. The van der Waals surface area contributed by atoms with Crippen LogP contribution in [0.5, 0.6) is 0 Å². The molecule has 16 nitrogen and oxygen atoms in total. The maximum absolute atomic E-state index is 12.9. The first-order valence-corrected chi connectivity index (χ1v) is 36.5. The summed E-state index contributed by atoms with van der Waals surface area (Å²) in [7, 11) is -9.81. The zero-order valence-electron chi connectivity index (χ0n) is 54.8. The van der Waals surface area contributed by atoms with Crippen molar-refractivity contribution in [2.75, 3.05) is 39.6 Å². The Hall–Kier alpha value is -4.31. The fourth-order valence-corrected chi connectivity index (χ4v) is 9.91. The third-order valence-corrected chi connectivity index (χ3v) is 15.3. The number of hydrogen-bond donors (Lipinski definition) is 4. The average Bonchev–Trinajstić information content (AvgIpc) is 3.54. The van der Waals surface area contributed by atoms with Crippen molar-refractivity contribution in [1.82, 2.24) is 0 Å². The number of ether oxygens (including phenoxy) is 3. The first-order chi connectivity index (χ1) is 43.2. The summed E-state index contributed by atoms with van der Waals surface area (Å²) >= 11 is 0. The van der Waals surface area contributed by atoms with Crippen LogP contribution in [0.15, 0.2) is 134 Å². The molecule has 0 fully saturated rings. The summed E-state index contributed by atoms with van der Waals surface area (Å²) in [4.78, 5) is 58.3. The fourth-order valence-electron chi connectivity index (χ4n) is 8.33. The first kappa shape index (κ1) is 84.7. The van der Waals surface area contributed by atoms with Gasteiger partial charge in [-0.3, -0.25) is 32.5 Å². The van der Waals surface area contributed by atoms with Crippen LogP contribution in [0, 0.1) is 0 Å². The largest absolute Gasteiger partial charge is 0.472 e. The summed E-state index contributed by atoms with van der Waals surface area (Å²) < 4.78 is 60.7. The van der Waals surface area contributed by atoms with E-state index in [1.807, 2.05) is 18.2 Å². The second kappa shape index (κ2) is 63.8. The Labute approximate surface area is 537 Å². The number of esters is 3. The molecule has 5 unspecified atom stereocenters. The number of aliphatic hydroxyl groups is 2. The minimum absolute atomic E-state index is 0.0564. The van der Waals surface area contributed by atoms with Gasteiger partial charge in [0.1, 0.15) is 25.4 Å². The molecule has 0 bridgehead atoms. The summed E-state index contributed by atoms with van der Waals surface area (Å²) in [5, 5.41) is 20.5. The standard InChI is InChI=1S/C71H118O16P2/c1-4-7-10-13-16-19-22-25-28-30-32-34-37-39-42-45-48-51-54-57-69(74)81-60-66(72)61-83-88(77,78)84-62-67(73)63-85-89(79,80)86-65-68(87-71(76)59-56-53-50-47-44-41-36-27-24-21-18-15-12-9-6-3)64-82-70(75)58-55-52-49-46-43-40-38-35-33-31-29-26-23-20-17-14-11-8-5-2/h7-8,10-11,16-17,19-20,25-26,28-29,32-35,39-40,42-43,48,51,66-68,72-73H,4-6,9,12-15,18,21-24,27,30-31,36-38,41,44-47,49-50,52-65H2,1-3H3,(H,77,78)(H,79,80)/b10-7-,11-8-,19-16-,20-17-,28-25-,29-26-,34-32-,35-33-,42-39-,43-40-,51-48-. The van der Waals surface area contributed by atoms with Crippen LogP contribution in [0.25, 0.3) is 0 Å². The van der Waals surface area contributed by atoms with Crippen molar-refractivity contribution in [3.8, 4) is 0 Å². The number of unbranched alkanes of at least 4 members (excludes halogenated alkanes) is 17. The van der Waals surface area contributed by atoms with Crippen molar-refractivity contribution in [2.24, 2.45) is 0 Å². The third-order valence-electron chi connectivity index (χ3n) is 13.4. The third kappa shape index (κ3) is 65.0. The Morgan fingerprint density at radius 1 is 0.326 bits per heavy atom. The molecule has 5 atom stereocenters. The number of rotatable bonds is 62. The number of phosphoric ester groups is 2. The van der Waals surface area contributed by atoms with Gasteiger partial charge in [-0.2, -0.15) is 0 Å². The van der Waals surface area contributed by atoms with Crippen LogP contribution in [-0.2, 0) is 55.8 Å². The van der Waals surface area contributed by atoms with Crippen LogP contribution in [0.2, 0.25) is 0 Å². The molecule has 0 heterocycles. The van der Waals surface area contributed by atoms with Crippen molar-refractivity contribution < 1.29 is 75.8 Å². The predicted octanol–water partition coefficient (Wildman–Crippen LogP) is 18.4. The Morgan fingerprint density at radius 3 is 1.01 bits per heavy atom. The molecule has 0 amide bonds. The molecule has 18 heteroatoms. The highest BCUT2D eigenvalue weighted by molar-refractivity contribution is 7.47. The highest BCUT2D eigenvalue weighted by Gasteiger charge is 2.29. The van der Waals surface area contributed by atoms with Crippen LogP contribution < -0.4 is 0 Å². The molecule has 0 aliphatic heterocycles. The van der Waals surface area contributed by atoms with Gasteiger partial charge in [0.25, 0.3) is 0 Å². The van der Waals surface area contributed by atoms with Gasteiger partial charge in [0.2, 0.25) is 0 Å². The minimum atomic E-state index is -4.94. The van der Waals surface area contributed by atoms with E-state index in [2.05, 4.69) is 136 Å². The summed E-state index contributed by atoms with van der Waals surface area (Å²) in [5.74, 6) is -1.70. The van der Waals surface area contributed by atoms with E-state index in [-0.39, 0.29) is 19.3 Å². The summed E-state index contributed by atoms with van der Waals surface area (Å²) in [6.45, 7) is 2.30. The molecule has 0 spiro atoms. The van der Waals surface area contributed by atoms with E-state index in [0.717, 1.165) is 109 Å². The monoisotopic (exact) mass is 1290 g/mol. The lowest BCUT2D eigenvalue weighted by Crippen LogP contribution is -2.30. The van der Waals surface area contributed by atoms with Gasteiger partial charge >= 0.3 is 33.6 Å². The van der Waals surface area contributed by atoms with E-state index in [1.165, 1.54) is 64.2 Å². The molecule has 0 aromatic heterocycles. The molecule has 89 heavy (non-hydrogen) atoms. The Morgan fingerprint density at radius 2 is 0.618 bits per heavy atom. The predicted molar refractivity (Wildman–Crippen MR) is 362 cm³/mol. The van der Waals surface area contributed by atoms with Crippen molar-refractivity contribution in [3.05, 3.63) is 134 Å². The highest BCUT2D eigenvalue weighted by Crippen LogP contribution is 2.45. The number of phosphoric acid groups is 2. The van der Waals surface area contributed by atoms with E-state index in [9.17, 15) is 43.5 Å². The molecule has 0 aromatic rings. The molecular weight excluding hydrogens is 1170 g/mol. The quantitative estimate of drug-likeness (QED) is 0.0146. The molecule has 4 N–H and O–H groups in total. The van der Waals surface area contributed by atoms with Crippen molar-refractivity contribution in [3.63, 3.8) is 0 Å². The van der Waals surface area contributed by atoms with Gasteiger partial charge in [-0.05, 0) is 103 Å². The first-order valence-electron chi connectivity index (χ1n) is 33.5. The second-order valence-corrected chi connectivity index (χ2v) is 24.8. The molecule has 0 aliphatic carbocycles. The average molecular weight is 1290 g/mol. The molecule has 0 aromatic carbocycles. The summed E-state index contributed by atoms with van der Waals surface area (Å²) in [6, 6.07) is 0. The van der Waals surface area contributed by atoms with E-state index in [1.54, 1.807) is 0 Å². The molecule has 0 aliphatic rings. The number of carbonyl (C=O) groups excluding carboxylic acids is 3. The lowest BCUT2D eigenvalue weighted by atomic mass is 10.0. The van der Waals surface area contributed by atoms with Crippen molar-refractivity contribution in [1.29, 1.82) is 0 Å². The van der Waals surface area contributed by atoms with Crippen LogP contribution in [0.4, 0.5) is 0 Å². The highest BCUT2D eigenvalue weighted by atomic mass is 31.2. The van der Waals surface area contributed by atoms with Gasteiger partial charge in [-0.15, -0.1) is 0 Å². The second-order valence-electron chi connectivity index (χ2n) is 21.9. The van der Waals surface area contributed by atoms with Gasteiger partial charge in [-0.1, -0.05) is 251 Å². The van der Waals surface area contributed by atoms with Gasteiger partial charge in [0.05, 0.1) is 26.4 Å². The topological polar surface area (TPSA) is 231 Å². The maximum atomic E-state index is 12.9. The Kier molecular flexibility index (Phi) is 60.7. The van der Waals surface area contributed by atoms with Gasteiger partial charge in [0.15, 0.2) is 6.10 Å². The molecule has 0 saturated carbocycles. The van der Waals surface area contributed by atoms with Gasteiger partial charge in [0, 0.05) is 19.3 Å². The smallest absolute Gasteiger partial charge is 0.463 e. The summed E-state index contributed by atoms with van der Waals surface area (Å²) in [6.07, 6.45) is 73.8.